The Morgan fingerprint density at radius 1 is 1.43 bits per heavy atom. The van der Waals surface area contributed by atoms with Gasteiger partial charge in [0.2, 0.25) is 0 Å². The number of fused-ring (bicyclic) bond motifs is 5. The minimum absolute atomic E-state index is 0.290. The van der Waals surface area contributed by atoms with Gasteiger partial charge >= 0.3 is 0 Å². The van der Waals surface area contributed by atoms with Crippen LogP contribution in [0.5, 0.6) is 0 Å². The van der Waals surface area contributed by atoms with Crippen molar-refractivity contribution in [1.82, 2.24) is 0 Å². The van der Waals surface area contributed by atoms with Crippen molar-refractivity contribution in [3.8, 4) is 6.07 Å². The molecule has 0 spiro atoms. The van der Waals surface area contributed by atoms with Gasteiger partial charge in [0.1, 0.15) is 5.41 Å². The van der Waals surface area contributed by atoms with E-state index in [1.54, 1.807) is 0 Å². The van der Waals surface area contributed by atoms with Crippen LogP contribution in [0.25, 0.3) is 0 Å². The van der Waals surface area contributed by atoms with Crippen LogP contribution in [-0.4, -0.2) is 0 Å². The standard InChI is InChI=1S/C13H11N/c1-9-6-10-7-13(9,8-14)12-5-3-2-4-11(10)12/h2-6,10H,7H2,1H3. The summed E-state index contributed by atoms with van der Waals surface area (Å²) in [7, 11) is 0. The molecule has 2 bridgehead atoms. The highest BCUT2D eigenvalue weighted by molar-refractivity contribution is 5.59. The van der Waals surface area contributed by atoms with Crippen molar-refractivity contribution in [3.05, 3.63) is 47.0 Å². The maximum Gasteiger partial charge on any atom is 0.104 e. The average Bonchev–Trinajstić information content (AvgIpc) is 2.71. The fourth-order valence-corrected chi connectivity index (χ4v) is 2.92. The first-order valence-corrected chi connectivity index (χ1v) is 4.97. The fourth-order valence-electron chi connectivity index (χ4n) is 2.92. The van der Waals surface area contributed by atoms with Gasteiger partial charge in [-0.25, -0.2) is 0 Å². The molecule has 2 atom stereocenters. The smallest absolute Gasteiger partial charge is 0.104 e. The molecule has 0 saturated heterocycles. The molecule has 2 aliphatic rings. The van der Waals surface area contributed by atoms with Gasteiger partial charge in [0.15, 0.2) is 0 Å². The van der Waals surface area contributed by atoms with Crippen LogP contribution in [0, 0.1) is 11.3 Å². The van der Waals surface area contributed by atoms with Gasteiger partial charge in [-0.3, -0.25) is 0 Å². The summed E-state index contributed by atoms with van der Waals surface area (Å²) in [5, 5.41) is 9.37. The summed E-state index contributed by atoms with van der Waals surface area (Å²) in [4.78, 5) is 0. The molecule has 0 heterocycles. The summed E-state index contributed by atoms with van der Waals surface area (Å²) in [6.07, 6.45) is 3.22. The van der Waals surface area contributed by atoms with Gasteiger partial charge in [-0.2, -0.15) is 5.26 Å². The lowest BCUT2D eigenvalue weighted by atomic mass is 9.78. The molecular formula is C13H11N. The van der Waals surface area contributed by atoms with Crippen molar-refractivity contribution in [3.63, 3.8) is 0 Å². The number of nitrogens with zero attached hydrogens (tertiary/aromatic N) is 1. The van der Waals surface area contributed by atoms with E-state index in [1.165, 1.54) is 16.7 Å². The van der Waals surface area contributed by atoms with Gasteiger partial charge in [-0.15, -0.1) is 0 Å². The second-order valence-electron chi connectivity index (χ2n) is 4.26. The van der Waals surface area contributed by atoms with E-state index in [-0.39, 0.29) is 5.41 Å². The van der Waals surface area contributed by atoms with Crippen LogP contribution in [0.4, 0.5) is 0 Å². The maximum atomic E-state index is 9.37. The predicted octanol–water partition coefficient (Wildman–Crippen LogP) is 2.90. The molecule has 0 N–H and O–H groups in total. The first kappa shape index (κ1) is 7.82. The van der Waals surface area contributed by atoms with Crippen LogP contribution in [0.1, 0.15) is 30.4 Å². The average molecular weight is 181 g/mol. The van der Waals surface area contributed by atoms with Crippen molar-refractivity contribution < 1.29 is 0 Å². The van der Waals surface area contributed by atoms with E-state index in [0.29, 0.717) is 5.92 Å². The summed E-state index contributed by atoms with van der Waals surface area (Å²) in [6.45, 7) is 2.08. The zero-order valence-corrected chi connectivity index (χ0v) is 8.12. The van der Waals surface area contributed by atoms with Crippen LogP contribution >= 0.6 is 0 Å². The molecule has 2 aliphatic carbocycles. The number of hydrogen-bond donors (Lipinski definition) is 0. The zero-order chi connectivity index (χ0) is 9.76. The van der Waals surface area contributed by atoms with Crippen LogP contribution in [0.2, 0.25) is 0 Å². The van der Waals surface area contributed by atoms with Crippen molar-refractivity contribution in [2.45, 2.75) is 24.7 Å². The van der Waals surface area contributed by atoms with Gasteiger partial charge < -0.3 is 0 Å². The Hall–Kier alpha value is -1.55. The van der Waals surface area contributed by atoms with Gasteiger partial charge in [0.05, 0.1) is 6.07 Å². The van der Waals surface area contributed by atoms with Crippen molar-refractivity contribution in [2.24, 2.45) is 0 Å². The number of benzene rings is 1. The molecule has 1 heteroatoms. The lowest BCUT2D eigenvalue weighted by Gasteiger charge is -2.22. The molecule has 1 aromatic carbocycles. The fraction of sp³-hybridized carbons (Fsp3) is 0.308. The molecule has 3 rings (SSSR count). The second kappa shape index (κ2) is 2.27. The number of hydrogen-bond acceptors (Lipinski definition) is 1. The van der Waals surface area contributed by atoms with Crippen molar-refractivity contribution >= 4 is 0 Å². The minimum Gasteiger partial charge on any atom is -0.197 e. The van der Waals surface area contributed by atoms with Gasteiger partial charge in [0.25, 0.3) is 0 Å². The van der Waals surface area contributed by atoms with Crippen LogP contribution in [0.3, 0.4) is 0 Å². The molecule has 0 radical (unpaired) electrons. The molecule has 14 heavy (non-hydrogen) atoms. The Kier molecular flexibility index (Phi) is 1.27. The summed E-state index contributed by atoms with van der Waals surface area (Å²) in [5.74, 6) is 0.492. The van der Waals surface area contributed by atoms with Gasteiger partial charge in [0, 0.05) is 5.92 Å². The Labute approximate surface area is 83.7 Å². The van der Waals surface area contributed by atoms with E-state index in [0.717, 1.165) is 6.42 Å². The van der Waals surface area contributed by atoms with Crippen LogP contribution in [-0.2, 0) is 5.41 Å². The SMILES string of the molecule is CC1=CC2CC1(C#N)c1ccccc12. The molecule has 0 aromatic heterocycles. The molecule has 1 nitrogen and oxygen atoms in total. The van der Waals surface area contributed by atoms with E-state index in [4.69, 9.17) is 0 Å². The topological polar surface area (TPSA) is 23.8 Å². The lowest BCUT2D eigenvalue weighted by Crippen LogP contribution is -2.20. The first-order valence-electron chi connectivity index (χ1n) is 4.97. The van der Waals surface area contributed by atoms with Crippen LogP contribution < -0.4 is 0 Å². The van der Waals surface area contributed by atoms with E-state index in [2.05, 4.69) is 37.3 Å². The Balaban J connectivity index is 2.33. The highest BCUT2D eigenvalue weighted by Crippen LogP contribution is 2.55. The number of rotatable bonds is 0. The van der Waals surface area contributed by atoms with Crippen LogP contribution in [0.15, 0.2) is 35.9 Å². The third kappa shape index (κ3) is 0.665. The number of allylic oxidation sites excluding steroid dienone is 2. The monoisotopic (exact) mass is 181 g/mol. The first-order chi connectivity index (χ1) is 6.78. The lowest BCUT2D eigenvalue weighted by molar-refractivity contribution is 0.654. The largest absolute Gasteiger partial charge is 0.197 e. The molecule has 1 aromatic rings. The Morgan fingerprint density at radius 3 is 3.00 bits per heavy atom. The highest BCUT2D eigenvalue weighted by atomic mass is 14.5. The van der Waals surface area contributed by atoms with Gasteiger partial charge in [-0.1, -0.05) is 35.9 Å². The van der Waals surface area contributed by atoms with Crippen molar-refractivity contribution in [2.75, 3.05) is 0 Å². The van der Waals surface area contributed by atoms with E-state index < -0.39 is 0 Å². The molecule has 0 saturated carbocycles. The molecule has 0 aliphatic heterocycles. The van der Waals surface area contributed by atoms with E-state index in [1.807, 2.05) is 6.07 Å². The van der Waals surface area contributed by atoms with Gasteiger partial charge in [-0.05, 0) is 24.5 Å². The predicted molar refractivity (Wildman–Crippen MR) is 54.8 cm³/mol. The van der Waals surface area contributed by atoms with E-state index >= 15 is 0 Å². The quantitative estimate of drug-likeness (QED) is 0.564. The molecule has 2 unspecified atom stereocenters. The molecule has 0 fully saturated rings. The third-order valence-corrected chi connectivity index (χ3v) is 3.66. The molecule has 68 valence electrons. The third-order valence-electron chi connectivity index (χ3n) is 3.66. The zero-order valence-electron chi connectivity index (χ0n) is 8.12. The molecular weight excluding hydrogens is 170 g/mol. The summed E-state index contributed by atoms with van der Waals surface area (Å²) >= 11 is 0. The number of nitriles is 1. The summed E-state index contributed by atoms with van der Waals surface area (Å²) in [5.41, 5.74) is 3.55. The summed E-state index contributed by atoms with van der Waals surface area (Å²) < 4.78 is 0. The second-order valence-corrected chi connectivity index (χ2v) is 4.26. The van der Waals surface area contributed by atoms with E-state index in [9.17, 15) is 5.26 Å². The maximum absolute atomic E-state index is 9.37. The Bertz CT molecular complexity index is 478. The highest BCUT2D eigenvalue weighted by Gasteiger charge is 2.49. The minimum atomic E-state index is -0.290. The normalized spacial score (nSPS) is 32.3. The Morgan fingerprint density at radius 2 is 2.21 bits per heavy atom. The summed E-state index contributed by atoms with van der Waals surface area (Å²) in [6, 6.07) is 10.9. The molecule has 0 amide bonds. The van der Waals surface area contributed by atoms with Crippen molar-refractivity contribution in [1.29, 1.82) is 5.26 Å².